The largest absolute Gasteiger partial charge is 0.482 e. The zero-order chi connectivity index (χ0) is 16.9. The van der Waals surface area contributed by atoms with Crippen molar-refractivity contribution in [3.05, 3.63) is 29.0 Å². The van der Waals surface area contributed by atoms with Crippen molar-refractivity contribution in [1.29, 1.82) is 0 Å². The molecule has 7 heteroatoms. The molecule has 1 aromatic carbocycles. The minimum atomic E-state index is -0.986. The van der Waals surface area contributed by atoms with E-state index in [0.717, 1.165) is 25.3 Å². The van der Waals surface area contributed by atoms with Crippen LogP contribution in [0.2, 0.25) is 5.02 Å². The number of hydrogen-bond donors (Lipinski definition) is 1. The van der Waals surface area contributed by atoms with Crippen LogP contribution in [0.4, 0.5) is 4.39 Å². The molecule has 0 saturated heterocycles. The SMILES string of the molecule is COC(=O)C1(NC(=O)COc2ccc(F)cc2Cl)CCCCC1. The van der Waals surface area contributed by atoms with E-state index >= 15 is 0 Å². The molecule has 0 bridgehead atoms. The van der Waals surface area contributed by atoms with E-state index in [9.17, 15) is 14.0 Å². The lowest BCUT2D eigenvalue weighted by atomic mass is 9.81. The fourth-order valence-corrected chi connectivity index (χ4v) is 2.99. The molecule has 5 nitrogen and oxygen atoms in total. The average molecular weight is 344 g/mol. The van der Waals surface area contributed by atoms with Crippen molar-refractivity contribution in [2.75, 3.05) is 13.7 Å². The monoisotopic (exact) mass is 343 g/mol. The molecule has 1 fully saturated rings. The molecule has 1 amide bonds. The first kappa shape index (κ1) is 17.5. The number of halogens is 2. The van der Waals surface area contributed by atoms with Gasteiger partial charge in [-0.25, -0.2) is 9.18 Å². The molecule has 0 radical (unpaired) electrons. The van der Waals surface area contributed by atoms with Gasteiger partial charge >= 0.3 is 5.97 Å². The van der Waals surface area contributed by atoms with E-state index in [1.165, 1.54) is 19.2 Å². The molecule has 1 saturated carbocycles. The highest BCUT2D eigenvalue weighted by molar-refractivity contribution is 6.32. The number of ether oxygens (including phenoxy) is 2. The summed E-state index contributed by atoms with van der Waals surface area (Å²) >= 11 is 5.83. The Morgan fingerprint density at radius 2 is 2.00 bits per heavy atom. The molecule has 1 aliphatic rings. The van der Waals surface area contributed by atoms with Crippen molar-refractivity contribution < 1.29 is 23.5 Å². The molecule has 0 heterocycles. The topological polar surface area (TPSA) is 64.6 Å². The first-order chi connectivity index (χ1) is 11.0. The molecule has 126 valence electrons. The van der Waals surface area contributed by atoms with Gasteiger partial charge < -0.3 is 14.8 Å². The summed E-state index contributed by atoms with van der Waals surface area (Å²) in [6.45, 7) is -0.315. The van der Waals surface area contributed by atoms with Crippen molar-refractivity contribution in [2.45, 2.75) is 37.6 Å². The summed E-state index contributed by atoms with van der Waals surface area (Å²) in [5.74, 6) is -1.17. The summed E-state index contributed by atoms with van der Waals surface area (Å²) in [6, 6.07) is 3.64. The van der Waals surface area contributed by atoms with Crippen LogP contribution in [0.3, 0.4) is 0 Å². The molecule has 1 aromatic rings. The maximum absolute atomic E-state index is 13.0. The second-order valence-electron chi connectivity index (χ2n) is 5.55. The zero-order valence-electron chi connectivity index (χ0n) is 12.9. The van der Waals surface area contributed by atoms with E-state index < -0.39 is 23.2 Å². The van der Waals surface area contributed by atoms with E-state index in [1.807, 2.05) is 0 Å². The highest BCUT2D eigenvalue weighted by Crippen LogP contribution is 2.29. The van der Waals surface area contributed by atoms with Gasteiger partial charge in [0, 0.05) is 0 Å². The Bertz CT molecular complexity index is 587. The van der Waals surface area contributed by atoms with Crippen molar-refractivity contribution >= 4 is 23.5 Å². The first-order valence-corrected chi connectivity index (χ1v) is 7.82. The van der Waals surface area contributed by atoms with E-state index in [-0.39, 0.29) is 17.4 Å². The van der Waals surface area contributed by atoms with Gasteiger partial charge in [-0.2, -0.15) is 0 Å². The molecule has 1 N–H and O–H groups in total. The zero-order valence-corrected chi connectivity index (χ0v) is 13.6. The number of amides is 1. The molecule has 0 aromatic heterocycles. The number of esters is 1. The van der Waals surface area contributed by atoms with Crippen LogP contribution < -0.4 is 10.1 Å². The number of carbonyl (C=O) groups excluding carboxylic acids is 2. The summed E-state index contributed by atoms with van der Waals surface area (Å²) in [4.78, 5) is 24.2. The predicted molar refractivity (Wildman–Crippen MR) is 82.9 cm³/mol. The van der Waals surface area contributed by atoms with Gasteiger partial charge in [0.05, 0.1) is 12.1 Å². The minimum absolute atomic E-state index is 0.0816. The summed E-state index contributed by atoms with van der Waals surface area (Å²) < 4.78 is 23.1. The van der Waals surface area contributed by atoms with Gasteiger partial charge in [-0.05, 0) is 31.0 Å². The van der Waals surface area contributed by atoms with E-state index in [4.69, 9.17) is 21.1 Å². The minimum Gasteiger partial charge on any atom is -0.482 e. The second kappa shape index (κ2) is 7.64. The van der Waals surface area contributed by atoms with Crippen LogP contribution in [0.25, 0.3) is 0 Å². The normalized spacial score (nSPS) is 16.5. The summed E-state index contributed by atoms with van der Waals surface area (Å²) in [5, 5.41) is 2.81. The highest BCUT2D eigenvalue weighted by atomic mass is 35.5. The maximum Gasteiger partial charge on any atom is 0.331 e. The third kappa shape index (κ3) is 4.34. The third-order valence-corrected chi connectivity index (χ3v) is 4.21. The van der Waals surface area contributed by atoms with Gasteiger partial charge in [-0.3, -0.25) is 4.79 Å². The van der Waals surface area contributed by atoms with Gasteiger partial charge in [0.25, 0.3) is 5.91 Å². The molecule has 0 spiro atoms. The highest BCUT2D eigenvalue weighted by Gasteiger charge is 2.41. The van der Waals surface area contributed by atoms with E-state index in [1.54, 1.807) is 0 Å². The lowest BCUT2D eigenvalue weighted by Gasteiger charge is -2.35. The molecular weight excluding hydrogens is 325 g/mol. The Hall–Kier alpha value is -1.82. The molecule has 1 aliphatic carbocycles. The molecular formula is C16H19ClFNO4. The van der Waals surface area contributed by atoms with Crippen LogP contribution in [-0.2, 0) is 14.3 Å². The summed E-state index contributed by atoms with van der Waals surface area (Å²) in [5.41, 5.74) is -0.986. The van der Waals surface area contributed by atoms with Gasteiger partial charge in [0.15, 0.2) is 6.61 Å². The Balaban J connectivity index is 1.98. The van der Waals surface area contributed by atoms with Crippen molar-refractivity contribution in [3.8, 4) is 5.75 Å². The maximum atomic E-state index is 13.0. The number of nitrogens with one attached hydrogen (secondary N) is 1. The molecule has 0 atom stereocenters. The Morgan fingerprint density at radius 3 is 2.61 bits per heavy atom. The fraction of sp³-hybridized carbons (Fsp3) is 0.500. The first-order valence-electron chi connectivity index (χ1n) is 7.44. The standard InChI is InChI=1S/C16H19ClFNO4/c1-22-15(21)16(7-3-2-4-8-16)19-14(20)10-23-13-6-5-11(18)9-12(13)17/h5-6,9H,2-4,7-8,10H2,1H3,(H,19,20). The van der Waals surface area contributed by atoms with E-state index in [2.05, 4.69) is 5.32 Å². The van der Waals surface area contributed by atoms with Gasteiger partial charge in [-0.1, -0.05) is 30.9 Å². The van der Waals surface area contributed by atoms with Crippen LogP contribution in [0.15, 0.2) is 18.2 Å². The lowest BCUT2D eigenvalue weighted by molar-refractivity contribution is -0.152. The predicted octanol–water partition coefficient (Wildman–Crippen LogP) is 2.85. The van der Waals surface area contributed by atoms with Crippen LogP contribution in [0, 0.1) is 5.82 Å². The average Bonchev–Trinajstić information content (AvgIpc) is 2.54. The second-order valence-corrected chi connectivity index (χ2v) is 5.95. The molecule has 0 unspecified atom stereocenters. The Morgan fingerprint density at radius 1 is 1.30 bits per heavy atom. The summed E-state index contributed by atoms with van der Waals surface area (Å²) in [6.07, 6.45) is 3.81. The van der Waals surface area contributed by atoms with Gasteiger partial charge in [0.1, 0.15) is 17.1 Å². The van der Waals surface area contributed by atoms with Crippen LogP contribution >= 0.6 is 11.6 Å². The van der Waals surface area contributed by atoms with Crippen molar-refractivity contribution in [3.63, 3.8) is 0 Å². The third-order valence-electron chi connectivity index (χ3n) is 3.91. The van der Waals surface area contributed by atoms with Crippen molar-refractivity contribution in [1.82, 2.24) is 5.32 Å². The smallest absolute Gasteiger partial charge is 0.331 e. The molecule has 2 rings (SSSR count). The van der Waals surface area contributed by atoms with Crippen LogP contribution in [0.1, 0.15) is 32.1 Å². The van der Waals surface area contributed by atoms with Crippen LogP contribution in [-0.4, -0.2) is 31.1 Å². The molecule has 23 heavy (non-hydrogen) atoms. The summed E-state index contributed by atoms with van der Waals surface area (Å²) in [7, 11) is 1.31. The Labute approximate surface area is 139 Å². The quantitative estimate of drug-likeness (QED) is 0.835. The number of methoxy groups -OCH3 is 1. The lowest BCUT2D eigenvalue weighted by Crippen LogP contribution is -2.57. The van der Waals surface area contributed by atoms with Crippen LogP contribution in [0.5, 0.6) is 5.75 Å². The van der Waals surface area contributed by atoms with E-state index in [0.29, 0.717) is 12.8 Å². The number of carbonyl (C=O) groups is 2. The number of benzene rings is 1. The Kier molecular flexibility index (Phi) is 5.82. The van der Waals surface area contributed by atoms with Gasteiger partial charge in [0.2, 0.25) is 0 Å². The number of rotatable bonds is 5. The fourth-order valence-electron chi connectivity index (χ4n) is 2.77. The number of hydrogen-bond acceptors (Lipinski definition) is 4. The molecule has 0 aliphatic heterocycles. The van der Waals surface area contributed by atoms with Crippen molar-refractivity contribution in [2.24, 2.45) is 0 Å². The van der Waals surface area contributed by atoms with Gasteiger partial charge in [-0.15, -0.1) is 0 Å².